The standard InChI is InChI=1S/C20H26N2O4/c1-14-17(6-9-24-14)20(23)22-7-5-15-13-26-19(18(15)11-22)12-21(2)10-16-4-3-8-25-16/h3-4,6,8-9,15,18-19H,5,7,10-13H2,1-2H3/t15-,18-,19+/m0/s1. The Kier molecular flexibility index (Phi) is 4.87. The molecule has 2 fully saturated rings. The number of likely N-dealkylation sites (tertiary alicyclic amines) is 1. The molecule has 0 saturated carbocycles. The summed E-state index contributed by atoms with van der Waals surface area (Å²) in [6.45, 7) is 5.80. The number of carbonyl (C=O) groups excluding carboxylic acids is 1. The number of amides is 1. The second-order valence-electron chi connectivity index (χ2n) is 7.50. The Labute approximate surface area is 153 Å². The van der Waals surface area contributed by atoms with Crippen LogP contribution in [0.15, 0.2) is 39.6 Å². The summed E-state index contributed by atoms with van der Waals surface area (Å²) in [5.41, 5.74) is 0.675. The molecule has 0 bridgehead atoms. The first-order valence-electron chi connectivity index (χ1n) is 9.27. The Bertz CT molecular complexity index is 739. The van der Waals surface area contributed by atoms with Crippen LogP contribution in [0.3, 0.4) is 0 Å². The average molecular weight is 358 g/mol. The summed E-state index contributed by atoms with van der Waals surface area (Å²) in [5.74, 6) is 2.65. The zero-order valence-corrected chi connectivity index (χ0v) is 15.4. The molecule has 140 valence electrons. The third-order valence-electron chi connectivity index (χ3n) is 5.68. The van der Waals surface area contributed by atoms with Gasteiger partial charge in [-0.25, -0.2) is 0 Å². The number of aryl methyl sites for hydroxylation is 1. The lowest BCUT2D eigenvalue weighted by Gasteiger charge is -2.36. The Morgan fingerprint density at radius 3 is 2.92 bits per heavy atom. The summed E-state index contributed by atoms with van der Waals surface area (Å²) in [4.78, 5) is 17.0. The monoisotopic (exact) mass is 358 g/mol. The summed E-state index contributed by atoms with van der Waals surface area (Å²) < 4.78 is 16.8. The lowest BCUT2D eigenvalue weighted by Crippen LogP contribution is -2.47. The molecule has 26 heavy (non-hydrogen) atoms. The van der Waals surface area contributed by atoms with Crippen LogP contribution in [0.4, 0.5) is 0 Å². The number of fused-ring (bicyclic) bond motifs is 1. The van der Waals surface area contributed by atoms with Crippen LogP contribution in [0.25, 0.3) is 0 Å². The highest BCUT2D eigenvalue weighted by molar-refractivity contribution is 5.95. The first-order chi connectivity index (χ1) is 12.6. The van der Waals surface area contributed by atoms with E-state index in [0.717, 1.165) is 45.0 Å². The Balaban J connectivity index is 1.39. The van der Waals surface area contributed by atoms with Crippen molar-refractivity contribution in [1.29, 1.82) is 0 Å². The maximum Gasteiger partial charge on any atom is 0.257 e. The third-order valence-corrected chi connectivity index (χ3v) is 5.68. The molecule has 0 aromatic carbocycles. The number of piperidine rings is 1. The largest absolute Gasteiger partial charge is 0.469 e. The molecule has 3 atom stereocenters. The molecule has 2 aliphatic heterocycles. The predicted molar refractivity (Wildman–Crippen MR) is 95.7 cm³/mol. The summed E-state index contributed by atoms with van der Waals surface area (Å²) in [7, 11) is 2.08. The normalized spacial score (nSPS) is 25.7. The van der Waals surface area contributed by atoms with Crippen LogP contribution in [0.2, 0.25) is 0 Å². The fourth-order valence-electron chi connectivity index (χ4n) is 4.22. The molecular formula is C20H26N2O4. The number of carbonyl (C=O) groups is 1. The summed E-state index contributed by atoms with van der Waals surface area (Å²) in [6.07, 6.45) is 4.45. The number of nitrogens with zero attached hydrogens (tertiary/aromatic N) is 2. The molecular weight excluding hydrogens is 332 g/mol. The van der Waals surface area contributed by atoms with Crippen molar-refractivity contribution in [3.05, 3.63) is 47.8 Å². The van der Waals surface area contributed by atoms with E-state index in [9.17, 15) is 4.79 Å². The molecule has 0 N–H and O–H groups in total. The first-order valence-corrected chi connectivity index (χ1v) is 9.27. The lowest BCUT2D eigenvalue weighted by atomic mass is 9.84. The van der Waals surface area contributed by atoms with Gasteiger partial charge in [0.2, 0.25) is 0 Å². The highest BCUT2D eigenvalue weighted by atomic mass is 16.5. The molecule has 0 spiro atoms. The maximum absolute atomic E-state index is 12.8. The van der Waals surface area contributed by atoms with Gasteiger partial charge in [-0.15, -0.1) is 0 Å². The molecule has 4 heterocycles. The Hall–Kier alpha value is -2.05. The quantitative estimate of drug-likeness (QED) is 0.823. The number of rotatable bonds is 5. The van der Waals surface area contributed by atoms with Crippen LogP contribution in [0, 0.1) is 18.8 Å². The first kappa shape index (κ1) is 17.4. The summed E-state index contributed by atoms with van der Waals surface area (Å²) >= 11 is 0. The van der Waals surface area contributed by atoms with Crippen molar-refractivity contribution in [2.75, 3.05) is 33.3 Å². The van der Waals surface area contributed by atoms with E-state index in [2.05, 4.69) is 11.9 Å². The number of hydrogen-bond acceptors (Lipinski definition) is 5. The molecule has 2 aliphatic rings. The van der Waals surface area contributed by atoms with E-state index >= 15 is 0 Å². The van der Waals surface area contributed by atoms with Crippen LogP contribution in [-0.4, -0.2) is 55.1 Å². The van der Waals surface area contributed by atoms with Crippen LogP contribution in [0.5, 0.6) is 0 Å². The van der Waals surface area contributed by atoms with Gasteiger partial charge >= 0.3 is 0 Å². The van der Waals surface area contributed by atoms with Gasteiger partial charge in [0.15, 0.2) is 0 Å². The minimum Gasteiger partial charge on any atom is -0.469 e. The van der Waals surface area contributed by atoms with Gasteiger partial charge in [-0.3, -0.25) is 9.69 Å². The maximum atomic E-state index is 12.8. The van der Waals surface area contributed by atoms with Crippen molar-refractivity contribution >= 4 is 5.91 Å². The van der Waals surface area contributed by atoms with Gasteiger partial charge in [0.1, 0.15) is 11.5 Å². The predicted octanol–water partition coefficient (Wildman–Crippen LogP) is 2.79. The van der Waals surface area contributed by atoms with Crippen molar-refractivity contribution in [1.82, 2.24) is 9.80 Å². The van der Waals surface area contributed by atoms with Crippen molar-refractivity contribution in [2.24, 2.45) is 11.8 Å². The van der Waals surface area contributed by atoms with Crippen molar-refractivity contribution in [3.8, 4) is 0 Å². The van der Waals surface area contributed by atoms with Gasteiger partial charge in [-0.2, -0.15) is 0 Å². The van der Waals surface area contributed by atoms with Crippen LogP contribution in [0.1, 0.15) is 28.3 Å². The smallest absolute Gasteiger partial charge is 0.257 e. The van der Waals surface area contributed by atoms with Crippen molar-refractivity contribution in [3.63, 3.8) is 0 Å². The third kappa shape index (κ3) is 3.44. The van der Waals surface area contributed by atoms with Gasteiger partial charge in [0.25, 0.3) is 5.91 Å². The molecule has 6 heteroatoms. The van der Waals surface area contributed by atoms with Gasteiger partial charge < -0.3 is 18.5 Å². The van der Waals surface area contributed by atoms with E-state index in [0.29, 0.717) is 23.2 Å². The zero-order valence-electron chi connectivity index (χ0n) is 15.4. The van der Waals surface area contributed by atoms with E-state index in [4.69, 9.17) is 13.6 Å². The van der Waals surface area contributed by atoms with E-state index < -0.39 is 0 Å². The molecule has 0 aliphatic carbocycles. The number of ether oxygens (including phenoxy) is 1. The number of hydrogen-bond donors (Lipinski definition) is 0. The second kappa shape index (κ2) is 7.29. The van der Waals surface area contributed by atoms with Gasteiger partial charge in [0.05, 0.1) is 37.3 Å². The van der Waals surface area contributed by atoms with Crippen LogP contribution < -0.4 is 0 Å². The minimum atomic E-state index is 0.0734. The summed E-state index contributed by atoms with van der Waals surface area (Å²) in [5, 5.41) is 0. The average Bonchev–Trinajstić information content (AvgIpc) is 3.36. The highest BCUT2D eigenvalue weighted by Crippen LogP contribution is 2.35. The topological polar surface area (TPSA) is 59.1 Å². The molecule has 0 radical (unpaired) electrons. The van der Waals surface area contributed by atoms with Crippen LogP contribution in [-0.2, 0) is 11.3 Å². The molecule has 2 aromatic heterocycles. The zero-order chi connectivity index (χ0) is 18.1. The number of furan rings is 2. The summed E-state index contributed by atoms with van der Waals surface area (Å²) in [6, 6.07) is 5.67. The Morgan fingerprint density at radius 2 is 2.19 bits per heavy atom. The van der Waals surface area contributed by atoms with Crippen molar-refractivity contribution < 1.29 is 18.4 Å². The van der Waals surface area contributed by atoms with Crippen molar-refractivity contribution in [2.45, 2.75) is 26.0 Å². The van der Waals surface area contributed by atoms with E-state index in [1.165, 1.54) is 0 Å². The number of likely N-dealkylation sites (N-methyl/N-ethyl adjacent to an activating group) is 1. The Morgan fingerprint density at radius 1 is 1.31 bits per heavy atom. The molecule has 6 nitrogen and oxygen atoms in total. The SMILES string of the molecule is Cc1occc1C(=O)N1CC[C@H]2CO[C@H](CN(C)Cc3ccco3)[C@H]2C1. The van der Waals surface area contributed by atoms with Gasteiger partial charge in [-0.1, -0.05) is 0 Å². The molecule has 2 saturated heterocycles. The second-order valence-corrected chi connectivity index (χ2v) is 7.50. The van der Waals surface area contributed by atoms with E-state index in [-0.39, 0.29) is 12.0 Å². The molecule has 0 unspecified atom stereocenters. The molecule has 1 amide bonds. The van der Waals surface area contributed by atoms with Gasteiger partial charge in [-0.05, 0) is 44.5 Å². The fourth-order valence-corrected chi connectivity index (χ4v) is 4.22. The molecule has 2 aromatic rings. The lowest BCUT2D eigenvalue weighted by molar-refractivity contribution is 0.0419. The fraction of sp³-hybridized carbons (Fsp3) is 0.550. The van der Waals surface area contributed by atoms with Crippen LogP contribution >= 0.6 is 0 Å². The van der Waals surface area contributed by atoms with E-state index in [1.54, 1.807) is 18.6 Å². The molecule has 4 rings (SSSR count). The highest BCUT2D eigenvalue weighted by Gasteiger charge is 2.42. The minimum absolute atomic E-state index is 0.0734. The van der Waals surface area contributed by atoms with E-state index in [1.807, 2.05) is 24.0 Å². The van der Waals surface area contributed by atoms with Gasteiger partial charge in [0, 0.05) is 25.6 Å².